The van der Waals surface area contributed by atoms with Crippen molar-refractivity contribution in [1.29, 1.82) is 0 Å². The number of benzene rings is 3. The summed E-state index contributed by atoms with van der Waals surface area (Å²) in [7, 11) is 0. The van der Waals surface area contributed by atoms with E-state index in [9.17, 15) is 0 Å². The van der Waals surface area contributed by atoms with Gasteiger partial charge in [0.05, 0.1) is 39.6 Å². The first-order valence-corrected chi connectivity index (χ1v) is 21.0. The van der Waals surface area contributed by atoms with Gasteiger partial charge in [0.2, 0.25) is 23.4 Å². The fraction of sp³-hybridized carbons (Fsp3) is 0.533. The van der Waals surface area contributed by atoms with Gasteiger partial charge in [-0.05, 0) is 38.5 Å². The van der Waals surface area contributed by atoms with E-state index in [0.29, 0.717) is 103 Å². The molecule has 4 rings (SSSR count). The Bertz CT molecular complexity index is 1540. The van der Waals surface area contributed by atoms with E-state index in [1.54, 1.807) is 0 Å². The van der Waals surface area contributed by atoms with Crippen molar-refractivity contribution in [1.82, 2.24) is 15.0 Å². The molecule has 0 fully saturated rings. The third-order valence-corrected chi connectivity index (χ3v) is 8.73. The summed E-state index contributed by atoms with van der Waals surface area (Å²) in [5, 5.41) is 6.88. The second-order valence-electron chi connectivity index (χ2n) is 13.7. The number of nitrogens with one attached hydrogen (secondary N) is 2. The number of ether oxygens (including phenoxy) is 6. The van der Waals surface area contributed by atoms with E-state index < -0.39 is 0 Å². The Balaban J connectivity index is 1.78. The van der Waals surface area contributed by atoms with Crippen LogP contribution < -0.4 is 39.1 Å². The van der Waals surface area contributed by atoms with Gasteiger partial charge in [-0.2, -0.15) is 15.0 Å². The van der Waals surface area contributed by atoms with Crippen LogP contribution in [0, 0.1) is 0 Å². The molecule has 3 aromatic carbocycles. The molecule has 4 aromatic rings. The zero-order chi connectivity index (χ0) is 39.8. The summed E-state index contributed by atoms with van der Waals surface area (Å²) in [6.45, 7) is 16.3. The highest BCUT2D eigenvalue weighted by molar-refractivity contribution is 5.70. The number of anilines is 4. The lowest BCUT2D eigenvalue weighted by atomic mass is 10.2. The van der Waals surface area contributed by atoms with Gasteiger partial charge in [0.25, 0.3) is 0 Å². The summed E-state index contributed by atoms with van der Waals surface area (Å²) >= 11 is 0. The average Bonchev–Trinajstić information content (AvgIpc) is 3.20. The van der Waals surface area contributed by atoms with Gasteiger partial charge in [-0.3, -0.25) is 0 Å². The van der Waals surface area contributed by atoms with Gasteiger partial charge in [-0.25, -0.2) is 0 Å². The molecule has 0 unspecified atom stereocenters. The van der Waals surface area contributed by atoms with Crippen LogP contribution >= 0.6 is 0 Å². The van der Waals surface area contributed by atoms with Gasteiger partial charge in [0.1, 0.15) is 0 Å². The number of unbranched alkanes of at least 4 members (excludes halogenated alkanes) is 6. The van der Waals surface area contributed by atoms with E-state index >= 15 is 0 Å². The first kappa shape index (κ1) is 43.8. The maximum atomic E-state index is 6.32. The maximum absolute atomic E-state index is 6.32. The fourth-order valence-corrected chi connectivity index (χ4v) is 5.42. The minimum absolute atomic E-state index is 0.346. The van der Waals surface area contributed by atoms with E-state index in [4.69, 9.17) is 43.4 Å². The summed E-state index contributed by atoms with van der Waals surface area (Å²) in [5.74, 6) is 4.91. The summed E-state index contributed by atoms with van der Waals surface area (Å²) in [6, 6.07) is 17.6. The first-order valence-electron chi connectivity index (χ1n) is 21.0. The third-order valence-electron chi connectivity index (χ3n) is 8.73. The van der Waals surface area contributed by atoms with Gasteiger partial charge in [0.15, 0.2) is 28.8 Å². The Morgan fingerprint density at radius 3 is 1.05 bits per heavy atom. The van der Waals surface area contributed by atoms with Crippen molar-refractivity contribution < 1.29 is 28.4 Å². The second kappa shape index (κ2) is 25.3. The van der Waals surface area contributed by atoms with Crippen molar-refractivity contribution in [2.75, 3.05) is 50.3 Å². The zero-order valence-corrected chi connectivity index (χ0v) is 34.7. The standard InChI is InChI=1S/C45H65N5O6/c1-7-13-24-51-37-30-35(31-38(52-25-14-8-2)41(37)55-28-17-11-5)46-44-48-43(34-22-20-19-21-23-34)49-45(50-44)47-36-32-39(53-26-15-9-3)42(56-29-18-12-6)40(33-36)54-27-16-10-4/h19-23,30-33H,7-18,24-29H2,1-6H3,(H2,46,47,48,49,50). The normalized spacial score (nSPS) is 10.9. The van der Waals surface area contributed by atoms with Crippen LogP contribution in [0.2, 0.25) is 0 Å². The molecular weight excluding hydrogens is 707 g/mol. The van der Waals surface area contributed by atoms with Crippen molar-refractivity contribution >= 4 is 23.3 Å². The quantitative estimate of drug-likeness (QED) is 0.0514. The van der Waals surface area contributed by atoms with E-state index in [-0.39, 0.29) is 0 Å². The smallest absolute Gasteiger partial charge is 0.232 e. The molecule has 2 N–H and O–H groups in total. The highest BCUT2D eigenvalue weighted by Gasteiger charge is 2.20. The highest BCUT2D eigenvalue weighted by Crippen LogP contribution is 2.43. The Kier molecular flexibility index (Phi) is 19.8. The topological polar surface area (TPSA) is 118 Å². The lowest BCUT2D eigenvalue weighted by molar-refractivity contribution is 0.237. The molecule has 306 valence electrons. The second-order valence-corrected chi connectivity index (χ2v) is 13.7. The molecule has 11 heteroatoms. The molecule has 11 nitrogen and oxygen atoms in total. The largest absolute Gasteiger partial charge is 0.489 e. The highest BCUT2D eigenvalue weighted by atomic mass is 16.5. The lowest BCUT2D eigenvalue weighted by Crippen LogP contribution is -2.09. The molecule has 0 saturated heterocycles. The Hall–Kier alpha value is -4.93. The number of nitrogens with zero attached hydrogens (tertiary/aromatic N) is 3. The number of rotatable bonds is 29. The van der Waals surface area contributed by atoms with Crippen LogP contribution in [-0.4, -0.2) is 54.6 Å². The van der Waals surface area contributed by atoms with Crippen molar-refractivity contribution in [3.63, 3.8) is 0 Å². The van der Waals surface area contributed by atoms with E-state index in [1.165, 1.54) is 0 Å². The van der Waals surface area contributed by atoms with Crippen LogP contribution in [0.5, 0.6) is 34.5 Å². The summed E-state index contributed by atoms with van der Waals surface area (Å²) in [5.41, 5.74) is 2.25. The van der Waals surface area contributed by atoms with Crippen LogP contribution in [0.3, 0.4) is 0 Å². The SMILES string of the molecule is CCCCOc1cc(Nc2nc(Nc3cc(OCCCC)c(OCCCC)c(OCCCC)c3)nc(-c3ccccc3)n2)cc(OCCCC)c1OCCCC. The molecule has 0 amide bonds. The molecule has 1 heterocycles. The Labute approximate surface area is 335 Å². The van der Waals surface area contributed by atoms with E-state index in [2.05, 4.69) is 52.2 Å². The molecule has 0 bridgehead atoms. The predicted molar refractivity (Wildman–Crippen MR) is 227 cm³/mol. The number of aromatic nitrogens is 3. The first-order chi connectivity index (χ1) is 27.5. The van der Waals surface area contributed by atoms with Crippen molar-refractivity contribution in [3.8, 4) is 45.9 Å². The molecule has 0 aliphatic carbocycles. The number of hydrogen-bond donors (Lipinski definition) is 2. The monoisotopic (exact) mass is 771 g/mol. The predicted octanol–water partition coefficient (Wildman–Crippen LogP) is 12.1. The zero-order valence-electron chi connectivity index (χ0n) is 34.7. The molecule has 1 aromatic heterocycles. The molecule has 0 spiro atoms. The minimum Gasteiger partial charge on any atom is -0.489 e. The third kappa shape index (κ3) is 14.3. The number of hydrogen-bond acceptors (Lipinski definition) is 11. The molecule has 0 aliphatic heterocycles. The summed E-state index contributed by atoms with van der Waals surface area (Å²) in [4.78, 5) is 14.6. The van der Waals surface area contributed by atoms with Crippen molar-refractivity contribution in [2.45, 2.75) is 119 Å². The van der Waals surface area contributed by atoms with Crippen LogP contribution in [0.25, 0.3) is 11.4 Å². The van der Waals surface area contributed by atoms with E-state index in [1.807, 2.05) is 54.6 Å². The molecule has 0 radical (unpaired) electrons. The summed E-state index contributed by atoms with van der Waals surface area (Å²) < 4.78 is 37.9. The molecule has 0 aliphatic rings. The Morgan fingerprint density at radius 1 is 0.411 bits per heavy atom. The molecule has 0 atom stereocenters. The molecule has 56 heavy (non-hydrogen) atoms. The van der Waals surface area contributed by atoms with Gasteiger partial charge in [-0.1, -0.05) is 110 Å². The lowest BCUT2D eigenvalue weighted by Gasteiger charge is -2.20. The van der Waals surface area contributed by atoms with Crippen molar-refractivity contribution in [3.05, 3.63) is 54.6 Å². The van der Waals surface area contributed by atoms with Crippen LogP contribution in [0.1, 0.15) is 119 Å². The van der Waals surface area contributed by atoms with Gasteiger partial charge in [-0.15, -0.1) is 0 Å². The summed E-state index contributed by atoms with van der Waals surface area (Å²) in [6.07, 6.45) is 11.6. The van der Waals surface area contributed by atoms with Gasteiger partial charge < -0.3 is 39.1 Å². The molecular formula is C45H65N5O6. The molecule has 0 saturated carbocycles. The van der Waals surface area contributed by atoms with Crippen molar-refractivity contribution in [2.24, 2.45) is 0 Å². The average molecular weight is 772 g/mol. The van der Waals surface area contributed by atoms with Crippen LogP contribution in [0.15, 0.2) is 54.6 Å². The van der Waals surface area contributed by atoms with E-state index in [0.717, 1.165) is 82.6 Å². The van der Waals surface area contributed by atoms with Gasteiger partial charge in [0, 0.05) is 41.2 Å². The minimum atomic E-state index is 0.346. The van der Waals surface area contributed by atoms with Gasteiger partial charge >= 0.3 is 0 Å². The fourth-order valence-electron chi connectivity index (χ4n) is 5.42. The maximum Gasteiger partial charge on any atom is 0.232 e. The Morgan fingerprint density at radius 2 is 0.732 bits per heavy atom. The van der Waals surface area contributed by atoms with Crippen LogP contribution in [0.4, 0.5) is 23.3 Å². The van der Waals surface area contributed by atoms with Crippen LogP contribution in [-0.2, 0) is 0 Å².